The fraction of sp³-hybridized carbons (Fsp3) is 0.364. The zero-order valence-corrected chi connectivity index (χ0v) is 9.84. The van der Waals surface area contributed by atoms with Crippen molar-refractivity contribution in [2.45, 2.75) is 12.6 Å². The van der Waals surface area contributed by atoms with Crippen LogP contribution in [0.4, 0.5) is 0 Å². The van der Waals surface area contributed by atoms with Crippen LogP contribution in [0.1, 0.15) is 12.5 Å². The van der Waals surface area contributed by atoms with Gasteiger partial charge in [0.05, 0.1) is 5.49 Å². The number of benzene rings is 1. The molecule has 4 N–H and O–H groups in total. The smallest absolute Gasteiger partial charge is 0.135 e. The topological polar surface area (TPSA) is 56.3 Å². The van der Waals surface area contributed by atoms with Gasteiger partial charge in [-0.2, -0.15) is 0 Å². The Bertz CT molecular complexity index is 399. The third kappa shape index (κ3) is 1.67. The minimum atomic E-state index is -0.535. The molecule has 1 saturated heterocycles. The number of hydrogen-bond donors (Lipinski definition) is 4. The van der Waals surface area contributed by atoms with Crippen LogP contribution in [0.25, 0.3) is 0 Å². The van der Waals surface area contributed by atoms with E-state index in [1.54, 1.807) is 12.1 Å². The molecule has 1 aliphatic heterocycles. The van der Waals surface area contributed by atoms with E-state index in [0.29, 0.717) is 0 Å². The van der Waals surface area contributed by atoms with E-state index in [4.69, 9.17) is 12.2 Å². The molecule has 1 fully saturated rings. The van der Waals surface area contributed by atoms with Gasteiger partial charge in [-0.1, -0.05) is 37.3 Å². The van der Waals surface area contributed by atoms with Crippen molar-refractivity contribution in [3.05, 3.63) is 29.8 Å². The predicted octanol–water partition coefficient (Wildman–Crippen LogP) is 0.836. The second-order valence-electron chi connectivity index (χ2n) is 3.99. The van der Waals surface area contributed by atoms with E-state index in [9.17, 15) is 5.11 Å². The van der Waals surface area contributed by atoms with Crippen LogP contribution in [0.15, 0.2) is 24.3 Å². The summed E-state index contributed by atoms with van der Waals surface area (Å²) in [7, 11) is 0. The molecule has 0 radical (unpaired) electrons. The zero-order chi connectivity index (χ0) is 11.6. The molecular weight excluding hydrogens is 222 g/mol. The summed E-state index contributed by atoms with van der Waals surface area (Å²) in [5.74, 6) is 0.523. The Labute approximate surface area is 100 Å². The normalized spacial score (nSPS) is 28.9. The standard InChI is InChI=1S/C11H15N3OS/c1-8-6-13-14-11(8,12-7-16)9-4-2-3-5-10(9)15/h2-5,7-8,13-15H,6H2,1H3,(H,12,16). The Hall–Kier alpha value is -1.17. The number of phenolic OH excluding ortho intramolecular Hbond substituents is 1. The first kappa shape index (κ1) is 11.3. The summed E-state index contributed by atoms with van der Waals surface area (Å²) >= 11 is 4.87. The monoisotopic (exact) mass is 237 g/mol. The van der Waals surface area contributed by atoms with Gasteiger partial charge in [-0.25, -0.2) is 5.43 Å². The highest BCUT2D eigenvalue weighted by Crippen LogP contribution is 2.34. The Kier molecular flexibility index (Phi) is 3.09. The minimum absolute atomic E-state index is 0.259. The number of aromatic hydroxyl groups is 1. The lowest BCUT2D eigenvalue weighted by Gasteiger charge is -2.34. The Morgan fingerprint density at radius 1 is 1.56 bits per heavy atom. The van der Waals surface area contributed by atoms with Gasteiger partial charge in [0.25, 0.3) is 0 Å². The van der Waals surface area contributed by atoms with Gasteiger partial charge < -0.3 is 10.4 Å². The van der Waals surface area contributed by atoms with Crippen LogP contribution in [0.2, 0.25) is 0 Å². The fourth-order valence-electron chi connectivity index (χ4n) is 2.11. The Morgan fingerprint density at radius 2 is 2.31 bits per heavy atom. The lowest BCUT2D eigenvalue weighted by atomic mass is 9.88. The molecule has 0 aromatic heterocycles. The average Bonchev–Trinajstić information content (AvgIpc) is 2.62. The van der Waals surface area contributed by atoms with Gasteiger partial charge in [-0.05, 0) is 6.07 Å². The van der Waals surface area contributed by atoms with E-state index in [1.807, 2.05) is 12.1 Å². The van der Waals surface area contributed by atoms with E-state index >= 15 is 0 Å². The largest absolute Gasteiger partial charge is 0.508 e. The van der Waals surface area contributed by atoms with E-state index in [1.165, 1.54) is 5.49 Å². The molecule has 0 bridgehead atoms. The lowest BCUT2D eigenvalue weighted by molar-refractivity contribution is 0.264. The first-order valence-corrected chi connectivity index (χ1v) is 5.67. The molecule has 1 aromatic carbocycles. The van der Waals surface area contributed by atoms with Gasteiger partial charge in [-0.3, -0.25) is 5.43 Å². The molecule has 0 aliphatic carbocycles. The van der Waals surface area contributed by atoms with Gasteiger partial charge in [0.1, 0.15) is 11.4 Å². The number of hydrazine groups is 1. The van der Waals surface area contributed by atoms with Crippen LogP contribution in [-0.4, -0.2) is 17.1 Å². The highest BCUT2D eigenvalue weighted by Gasteiger charge is 2.42. The molecular formula is C11H15N3OS. The summed E-state index contributed by atoms with van der Waals surface area (Å²) in [4.78, 5) is 0. The van der Waals surface area contributed by atoms with Gasteiger partial charge in [0.15, 0.2) is 0 Å². The molecule has 0 amide bonds. The molecule has 0 saturated carbocycles. The molecule has 2 atom stereocenters. The van der Waals surface area contributed by atoms with Crippen molar-refractivity contribution in [3.8, 4) is 5.75 Å². The number of thiocarbonyl (C=S) groups is 1. The van der Waals surface area contributed by atoms with Crippen molar-refractivity contribution >= 4 is 17.7 Å². The minimum Gasteiger partial charge on any atom is -0.508 e. The van der Waals surface area contributed by atoms with E-state index < -0.39 is 5.66 Å². The number of phenols is 1. The van der Waals surface area contributed by atoms with Crippen molar-refractivity contribution < 1.29 is 5.11 Å². The summed E-state index contributed by atoms with van der Waals surface area (Å²) in [6.07, 6.45) is 0. The first-order valence-electron chi connectivity index (χ1n) is 5.20. The van der Waals surface area contributed by atoms with Crippen molar-refractivity contribution in [1.82, 2.24) is 16.2 Å². The highest BCUT2D eigenvalue weighted by atomic mass is 32.1. The van der Waals surface area contributed by atoms with Crippen molar-refractivity contribution in [3.63, 3.8) is 0 Å². The molecule has 1 aliphatic rings. The number of hydrogen-bond acceptors (Lipinski definition) is 4. The second kappa shape index (κ2) is 4.37. The lowest BCUT2D eigenvalue weighted by Crippen LogP contribution is -2.54. The number of para-hydroxylation sites is 1. The molecule has 16 heavy (non-hydrogen) atoms. The summed E-state index contributed by atoms with van der Waals surface area (Å²) < 4.78 is 0. The van der Waals surface area contributed by atoms with Gasteiger partial charge >= 0.3 is 0 Å². The first-order chi connectivity index (χ1) is 7.70. The SMILES string of the molecule is CC1CNNC1(NC=S)c1ccccc1O. The van der Waals surface area contributed by atoms with Crippen LogP contribution in [0, 0.1) is 5.92 Å². The average molecular weight is 237 g/mol. The van der Waals surface area contributed by atoms with E-state index in [2.05, 4.69) is 23.1 Å². The van der Waals surface area contributed by atoms with Crippen LogP contribution in [0.3, 0.4) is 0 Å². The van der Waals surface area contributed by atoms with Crippen LogP contribution < -0.4 is 16.2 Å². The molecule has 4 nitrogen and oxygen atoms in total. The summed E-state index contributed by atoms with van der Waals surface area (Å²) in [5, 5.41) is 13.0. The van der Waals surface area contributed by atoms with Crippen molar-refractivity contribution in [2.75, 3.05) is 6.54 Å². The van der Waals surface area contributed by atoms with Crippen LogP contribution in [0.5, 0.6) is 5.75 Å². The highest BCUT2D eigenvalue weighted by molar-refractivity contribution is 7.78. The van der Waals surface area contributed by atoms with Gasteiger partial charge in [0.2, 0.25) is 0 Å². The fourth-order valence-corrected chi connectivity index (χ4v) is 2.29. The van der Waals surface area contributed by atoms with Crippen molar-refractivity contribution in [2.24, 2.45) is 5.92 Å². The van der Waals surface area contributed by atoms with Gasteiger partial charge in [0, 0.05) is 18.0 Å². The van der Waals surface area contributed by atoms with Crippen LogP contribution >= 0.6 is 12.2 Å². The molecule has 86 valence electrons. The third-order valence-electron chi connectivity index (χ3n) is 3.05. The van der Waals surface area contributed by atoms with Crippen molar-refractivity contribution in [1.29, 1.82) is 0 Å². The maximum Gasteiger partial charge on any atom is 0.135 e. The van der Waals surface area contributed by atoms with E-state index in [-0.39, 0.29) is 11.7 Å². The molecule has 5 heteroatoms. The summed E-state index contributed by atoms with van der Waals surface area (Å²) in [6, 6.07) is 7.26. The Balaban J connectivity index is 2.47. The zero-order valence-electron chi connectivity index (χ0n) is 9.03. The molecule has 2 unspecified atom stereocenters. The van der Waals surface area contributed by atoms with Crippen LogP contribution in [-0.2, 0) is 5.66 Å². The summed E-state index contributed by atoms with van der Waals surface area (Å²) in [5.41, 5.74) is 7.98. The molecule has 2 rings (SSSR count). The van der Waals surface area contributed by atoms with Gasteiger partial charge in [-0.15, -0.1) is 0 Å². The predicted molar refractivity (Wildman–Crippen MR) is 66.9 cm³/mol. The Morgan fingerprint density at radius 3 is 2.88 bits per heavy atom. The number of nitrogens with one attached hydrogen (secondary N) is 3. The maximum atomic E-state index is 9.92. The maximum absolute atomic E-state index is 9.92. The molecule has 1 aromatic rings. The molecule has 1 heterocycles. The third-order valence-corrected chi connectivity index (χ3v) is 3.17. The number of rotatable bonds is 3. The quantitative estimate of drug-likeness (QED) is 0.587. The molecule has 0 spiro atoms. The van der Waals surface area contributed by atoms with E-state index in [0.717, 1.165) is 12.1 Å². The second-order valence-corrected chi connectivity index (χ2v) is 4.23. The summed E-state index contributed by atoms with van der Waals surface area (Å²) in [6.45, 7) is 2.90.